The Morgan fingerprint density at radius 3 is 2.98 bits per heavy atom. The predicted molar refractivity (Wildman–Crippen MR) is 164 cm³/mol. The van der Waals surface area contributed by atoms with Gasteiger partial charge >= 0.3 is 6.01 Å². The number of halogens is 2. The van der Waals surface area contributed by atoms with Crippen molar-refractivity contribution in [3.05, 3.63) is 54.0 Å². The lowest BCUT2D eigenvalue weighted by atomic mass is 9.95. The summed E-state index contributed by atoms with van der Waals surface area (Å²) in [5.41, 5.74) is 3.21. The van der Waals surface area contributed by atoms with Crippen molar-refractivity contribution in [3.63, 3.8) is 0 Å². The van der Waals surface area contributed by atoms with Crippen LogP contribution in [0.5, 0.6) is 6.01 Å². The van der Waals surface area contributed by atoms with Gasteiger partial charge in [0.15, 0.2) is 5.82 Å². The minimum absolute atomic E-state index is 0.0260. The Bertz CT molecular complexity index is 1760. The molecule has 0 bridgehead atoms. The highest BCUT2D eigenvalue weighted by atomic mass is 19.1. The molecule has 1 amide bonds. The maximum absolute atomic E-state index is 16.7. The fraction of sp³-hybridized carbons (Fsp3) is 0.500. The van der Waals surface area contributed by atoms with Crippen molar-refractivity contribution in [1.82, 2.24) is 24.8 Å². The number of aromatic nitrogens is 3. The van der Waals surface area contributed by atoms with E-state index in [2.05, 4.69) is 33.6 Å². The van der Waals surface area contributed by atoms with Gasteiger partial charge in [-0.3, -0.25) is 14.7 Å². The predicted octanol–water partition coefficient (Wildman–Crippen LogP) is 4.56. The van der Waals surface area contributed by atoms with Gasteiger partial charge in [-0.25, -0.2) is 8.78 Å². The molecule has 45 heavy (non-hydrogen) atoms. The van der Waals surface area contributed by atoms with Crippen molar-refractivity contribution in [2.75, 3.05) is 44.2 Å². The number of alkyl halides is 1. The molecule has 3 saturated heterocycles. The monoisotopic (exact) mass is 611 g/mol. The lowest BCUT2D eigenvalue weighted by Crippen LogP contribution is -2.55. The SMILES string of the molecule is C=CC(=O)N1CCN(c2nc(OC[C@@]34CCCN3C[C@H](F)C4)nc3c(F)c(-c4cccc5c4CC4CC54)ncc23)C[C@@H]1CC#N. The maximum Gasteiger partial charge on any atom is 0.319 e. The Morgan fingerprint density at radius 2 is 2.13 bits per heavy atom. The number of hydrogen-bond donors (Lipinski definition) is 0. The summed E-state index contributed by atoms with van der Waals surface area (Å²) in [6.07, 6.45) is 6.43. The van der Waals surface area contributed by atoms with E-state index in [1.807, 2.05) is 17.0 Å². The first-order chi connectivity index (χ1) is 21.9. The second kappa shape index (κ2) is 10.7. The second-order valence-electron chi connectivity index (χ2n) is 13.3. The van der Waals surface area contributed by atoms with Gasteiger partial charge in [-0.15, -0.1) is 0 Å². The highest BCUT2D eigenvalue weighted by Gasteiger charge is 2.49. The van der Waals surface area contributed by atoms with Crippen LogP contribution in [0, 0.1) is 23.1 Å². The molecule has 1 aromatic carbocycles. The molecule has 232 valence electrons. The number of benzene rings is 1. The van der Waals surface area contributed by atoms with Crippen LogP contribution in [0.2, 0.25) is 0 Å². The van der Waals surface area contributed by atoms with Gasteiger partial charge in [0, 0.05) is 44.4 Å². The Morgan fingerprint density at radius 1 is 1.24 bits per heavy atom. The fourth-order valence-corrected chi connectivity index (χ4v) is 8.42. The van der Waals surface area contributed by atoms with E-state index in [0.717, 1.165) is 31.4 Å². The smallest absolute Gasteiger partial charge is 0.319 e. The molecule has 0 radical (unpaired) electrons. The summed E-state index contributed by atoms with van der Waals surface area (Å²) in [4.78, 5) is 32.4. The number of pyridine rings is 1. The molecule has 0 spiro atoms. The van der Waals surface area contributed by atoms with Crippen LogP contribution in [0.15, 0.2) is 37.1 Å². The number of rotatable bonds is 7. The fourth-order valence-electron chi connectivity index (χ4n) is 8.42. The first-order valence-corrected chi connectivity index (χ1v) is 15.9. The Hall–Kier alpha value is -4.17. The van der Waals surface area contributed by atoms with E-state index < -0.39 is 23.6 Å². The molecular formula is C34H35F2N7O2. The molecule has 8 rings (SSSR count). The van der Waals surface area contributed by atoms with E-state index in [0.29, 0.717) is 55.6 Å². The third kappa shape index (κ3) is 4.64. The van der Waals surface area contributed by atoms with Crippen LogP contribution < -0.4 is 9.64 Å². The third-order valence-electron chi connectivity index (χ3n) is 10.7. The molecule has 3 aromatic rings. The normalized spacial score (nSPS) is 28.5. The van der Waals surface area contributed by atoms with Crippen molar-refractivity contribution in [2.24, 2.45) is 5.92 Å². The molecule has 5 aliphatic rings. The number of nitrogens with zero attached hydrogens (tertiary/aromatic N) is 7. The molecule has 5 heterocycles. The molecule has 1 saturated carbocycles. The van der Waals surface area contributed by atoms with Gasteiger partial charge in [0.05, 0.1) is 29.5 Å². The molecule has 9 nitrogen and oxygen atoms in total. The largest absolute Gasteiger partial charge is 0.461 e. The van der Waals surface area contributed by atoms with E-state index in [-0.39, 0.29) is 36.2 Å². The van der Waals surface area contributed by atoms with Crippen LogP contribution in [0.25, 0.3) is 22.2 Å². The highest BCUT2D eigenvalue weighted by Crippen LogP contribution is 2.57. The van der Waals surface area contributed by atoms with Crippen LogP contribution in [0.4, 0.5) is 14.6 Å². The third-order valence-corrected chi connectivity index (χ3v) is 10.7. The first kappa shape index (κ1) is 28.3. The number of piperazine rings is 1. The first-order valence-electron chi connectivity index (χ1n) is 15.9. The Labute approximate surface area is 260 Å². The van der Waals surface area contributed by atoms with Gasteiger partial charge in [-0.05, 0) is 61.3 Å². The topological polar surface area (TPSA) is 98.5 Å². The standard InChI is InChI=1S/C34H35F2N7O2/c1-2-28(44)43-12-11-41(18-22(43)7-9-37)32-27-16-38-30(24-6-3-5-23-25-13-20(25)14-26(23)24)29(36)31(27)39-33(40-32)45-19-34-8-4-10-42(34)17-21(35)15-34/h2-3,5-6,16,20-22,25H,1,4,7-8,10-15,17-19H2/t20?,21-,22+,25?,34+/m1/s1. The van der Waals surface area contributed by atoms with E-state index in [9.17, 15) is 14.4 Å². The number of nitriles is 1. The molecule has 2 aromatic heterocycles. The van der Waals surface area contributed by atoms with Gasteiger partial charge in [-0.2, -0.15) is 15.2 Å². The zero-order valence-corrected chi connectivity index (χ0v) is 25.1. The van der Waals surface area contributed by atoms with Gasteiger partial charge in [-0.1, -0.05) is 24.8 Å². The van der Waals surface area contributed by atoms with Crippen molar-refractivity contribution in [1.29, 1.82) is 5.26 Å². The molecule has 5 atom stereocenters. The van der Waals surface area contributed by atoms with Crippen molar-refractivity contribution < 1.29 is 18.3 Å². The average molecular weight is 612 g/mol. The number of amides is 1. The zero-order valence-electron chi connectivity index (χ0n) is 25.1. The quantitative estimate of drug-likeness (QED) is 0.359. The number of fused-ring (bicyclic) bond motifs is 5. The second-order valence-corrected chi connectivity index (χ2v) is 13.3. The van der Waals surface area contributed by atoms with E-state index in [1.165, 1.54) is 23.6 Å². The van der Waals surface area contributed by atoms with Crippen LogP contribution >= 0.6 is 0 Å². The highest BCUT2D eigenvalue weighted by molar-refractivity contribution is 5.93. The van der Waals surface area contributed by atoms with Gasteiger partial charge < -0.3 is 14.5 Å². The van der Waals surface area contributed by atoms with E-state index >= 15 is 4.39 Å². The number of hydrogen-bond acceptors (Lipinski definition) is 8. The summed E-state index contributed by atoms with van der Waals surface area (Å²) in [6, 6.07) is 7.87. The van der Waals surface area contributed by atoms with Gasteiger partial charge in [0.2, 0.25) is 5.91 Å². The Balaban J connectivity index is 1.20. The minimum atomic E-state index is -0.904. The van der Waals surface area contributed by atoms with E-state index in [1.54, 1.807) is 11.1 Å². The lowest BCUT2D eigenvalue weighted by molar-refractivity contribution is -0.128. The number of ether oxygens (including phenoxy) is 1. The van der Waals surface area contributed by atoms with Crippen LogP contribution in [0.1, 0.15) is 49.1 Å². The molecular weight excluding hydrogens is 576 g/mol. The average Bonchev–Trinajstić information content (AvgIpc) is 3.39. The summed E-state index contributed by atoms with van der Waals surface area (Å²) in [5.74, 6) is 0.881. The molecule has 4 fully saturated rings. The molecule has 2 aliphatic carbocycles. The summed E-state index contributed by atoms with van der Waals surface area (Å²) in [5, 5.41) is 9.96. The molecule has 2 unspecified atom stereocenters. The molecule has 0 N–H and O–H groups in total. The van der Waals surface area contributed by atoms with Crippen molar-refractivity contribution in [3.8, 4) is 23.3 Å². The lowest BCUT2D eigenvalue weighted by Gasteiger charge is -2.41. The number of carbonyl (C=O) groups excluding carboxylic acids is 1. The summed E-state index contributed by atoms with van der Waals surface area (Å²) in [7, 11) is 0. The molecule has 3 aliphatic heterocycles. The minimum Gasteiger partial charge on any atom is -0.461 e. The van der Waals surface area contributed by atoms with Crippen molar-refractivity contribution in [2.45, 2.75) is 62.2 Å². The van der Waals surface area contributed by atoms with Crippen LogP contribution in [-0.2, 0) is 11.2 Å². The summed E-state index contributed by atoms with van der Waals surface area (Å²) >= 11 is 0. The van der Waals surface area contributed by atoms with Crippen LogP contribution in [-0.4, -0.2) is 87.7 Å². The van der Waals surface area contributed by atoms with E-state index in [4.69, 9.17) is 9.72 Å². The summed E-state index contributed by atoms with van der Waals surface area (Å²) in [6.45, 7) is 6.12. The zero-order chi connectivity index (χ0) is 30.9. The number of carbonyl (C=O) groups is 1. The number of anilines is 1. The van der Waals surface area contributed by atoms with Crippen LogP contribution in [0.3, 0.4) is 0 Å². The van der Waals surface area contributed by atoms with Gasteiger partial charge in [0.1, 0.15) is 29.8 Å². The van der Waals surface area contributed by atoms with Gasteiger partial charge in [0.25, 0.3) is 0 Å². The maximum atomic E-state index is 16.7. The summed E-state index contributed by atoms with van der Waals surface area (Å²) < 4.78 is 37.4. The Kier molecular flexibility index (Phi) is 6.75. The van der Waals surface area contributed by atoms with Crippen molar-refractivity contribution >= 4 is 22.6 Å². The molecule has 11 heteroatoms.